The number of ether oxygens (including phenoxy) is 2. The predicted molar refractivity (Wildman–Crippen MR) is 60.6 cm³/mol. The summed E-state index contributed by atoms with van der Waals surface area (Å²) in [5.41, 5.74) is 0. The van der Waals surface area contributed by atoms with Crippen LogP contribution in [0.2, 0.25) is 0 Å². The van der Waals surface area contributed by atoms with E-state index in [1.165, 1.54) is 0 Å². The minimum Gasteiger partial charge on any atom is -0.497 e. The van der Waals surface area contributed by atoms with Crippen molar-refractivity contribution in [2.24, 2.45) is 5.92 Å². The van der Waals surface area contributed by atoms with Gasteiger partial charge in [0.25, 0.3) is 0 Å². The highest BCUT2D eigenvalue weighted by Crippen LogP contribution is 2.27. The standard InChI is InChI=1S/C13H16O3/c1-15-11-6-8-12(9-7-11)16-13(14)10-4-2-3-5-10/h6-10H,2-5H2,1H3. The second-order valence-corrected chi connectivity index (χ2v) is 4.08. The van der Waals surface area contributed by atoms with E-state index in [2.05, 4.69) is 0 Å². The largest absolute Gasteiger partial charge is 0.497 e. The summed E-state index contributed by atoms with van der Waals surface area (Å²) in [6, 6.07) is 7.09. The molecule has 0 spiro atoms. The van der Waals surface area contributed by atoms with Gasteiger partial charge in [0.1, 0.15) is 11.5 Å². The third-order valence-corrected chi connectivity index (χ3v) is 2.97. The first-order valence-corrected chi connectivity index (χ1v) is 5.65. The number of methoxy groups -OCH3 is 1. The van der Waals surface area contributed by atoms with E-state index in [-0.39, 0.29) is 11.9 Å². The lowest BCUT2D eigenvalue weighted by Gasteiger charge is -2.09. The van der Waals surface area contributed by atoms with Gasteiger partial charge in [-0.05, 0) is 37.1 Å². The number of rotatable bonds is 3. The summed E-state index contributed by atoms with van der Waals surface area (Å²) < 4.78 is 10.3. The van der Waals surface area contributed by atoms with Crippen LogP contribution in [0, 0.1) is 5.92 Å². The Kier molecular flexibility index (Phi) is 3.44. The van der Waals surface area contributed by atoms with Crippen molar-refractivity contribution in [2.75, 3.05) is 7.11 Å². The molecular formula is C13H16O3. The van der Waals surface area contributed by atoms with Crippen LogP contribution >= 0.6 is 0 Å². The SMILES string of the molecule is COc1ccc(OC(=O)C2CCCC2)cc1. The van der Waals surface area contributed by atoms with Crippen molar-refractivity contribution in [1.82, 2.24) is 0 Å². The van der Waals surface area contributed by atoms with E-state index in [9.17, 15) is 4.79 Å². The molecule has 1 fully saturated rings. The van der Waals surface area contributed by atoms with Gasteiger partial charge in [-0.15, -0.1) is 0 Å². The van der Waals surface area contributed by atoms with Gasteiger partial charge in [-0.1, -0.05) is 12.8 Å². The Morgan fingerprint density at radius 2 is 1.69 bits per heavy atom. The molecule has 1 aromatic rings. The summed E-state index contributed by atoms with van der Waals surface area (Å²) in [5.74, 6) is 1.36. The highest BCUT2D eigenvalue weighted by Gasteiger charge is 2.24. The molecule has 1 aromatic carbocycles. The van der Waals surface area contributed by atoms with Gasteiger partial charge in [0.15, 0.2) is 0 Å². The van der Waals surface area contributed by atoms with Gasteiger partial charge in [0, 0.05) is 0 Å². The fourth-order valence-corrected chi connectivity index (χ4v) is 2.00. The average molecular weight is 220 g/mol. The van der Waals surface area contributed by atoms with Crippen LogP contribution < -0.4 is 9.47 Å². The molecule has 0 aromatic heterocycles. The molecule has 2 rings (SSSR count). The number of esters is 1. The molecule has 1 aliphatic carbocycles. The normalized spacial score (nSPS) is 16.1. The van der Waals surface area contributed by atoms with E-state index in [1.54, 1.807) is 31.4 Å². The fourth-order valence-electron chi connectivity index (χ4n) is 2.00. The Bertz CT molecular complexity index is 350. The Labute approximate surface area is 95.4 Å². The summed E-state index contributed by atoms with van der Waals surface area (Å²) >= 11 is 0. The quantitative estimate of drug-likeness (QED) is 0.580. The lowest BCUT2D eigenvalue weighted by molar-refractivity contribution is -0.138. The Hall–Kier alpha value is -1.51. The lowest BCUT2D eigenvalue weighted by Crippen LogP contribution is -2.17. The number of carbonyl (C=O) groups excluding carboxylic acids is 1. The van der Waals surface area contributed by atoms with Crippen molar-refractivity contribution in [3.05, 3.63) is 24.3 Å². The second kappa shape index (κ2) is 5.01. The summed E-state index contributed by atoms with van der Waals surface area (Å²) in [6.07, 6.45) is 4.22. The fraction of sp³-hybridized carbons (Fsp3) is 0.462. The zero-order chi connectivity index (χ0) is 11.4. The summed E-state index contributed by atoms with van der Waals surface area (Å²) in [5, 5.41) is 0. The summed E-state index contributed by atoms with van der Waals surface area (Å²) in [4.78, 5) is 11.7. The predicted octanol–water partition coefficient (Wildman–Crippen LogP) is 2.79. The van der Waals surface area contributed by atoms with Crippen molar-refractivity contribution in [3.63, 3.8) is 0 Å². The average Bonchev–Trinajstić information content (AvgIpc) is 2.83. The highest BCUT2D eigenvalue weighted by atomic mass is 16.5. The second-order valence-electron chi connectivity index (χ2n) is 4.08. The molecule has 0 atom stereocenters. The lowest BCUT2D eigenvalue weighted by atomic mass is 10.1. The molecule has 3 heteroatoms. The van der Waals surface area contributed by atoms with E-state index >= 15 is 0 Å². The van der Waals surface area contributed by atoms with Crippen molar-refractivity contribution < 1.29 is 14.3 Å². The molecule has 0 bridgehead atoms. The molecule has 0 heterocycles. The van der Waals surface area contributed by atoms with Gasteiger partial charge in [-0.2, -0.15) is 0 Å². The molecule has 0 amide bonds. The van der Waals surface area contributed by atoms with Gasteiger partial charge in [-0.25, -0.2) is 0 Å². The maximum atomic E-state index is 11.7. The van der Waals surface area contributed by atoms with Crippen LogP contribution in [0.25, 0.3) is 0 Å². The Morgan fingerprint density at radius 3 is 2.25 bits per heavy atom. The van der Waals surface area contributed by atoms with Crippen LogP contribution in [0.3, 0.4) is 0 Å². The maximum Gasteiger partial charge on any atom is 0.314 e. The van der Waals surface area contributed by atoms with Crippen LogP contribution in [-0.2, 0) is 4.79 Å². The molecule has 3 nitrogen and oxygen atoms in total. The van der Waals surface area contributed by atoms with Crippen LogP contribution in [0.1, 0.15) is 25.7 Å². The van der Waals surface area contributed by atoms with Gasteiger partial charge >= 0.3 is 5.97 Å². The number of benzene rings is 1. The van der Waals surface area contributed by atoms with E-state index in [0.29, 0.717) is 5.75 Å². The molecule has 1 aliphatic rings. The maximum absolute atomic E-state index is 11.7. The third-order valence-electron chi connectivity index (χ3n) is 2.97. The molecule has 0 unspecified atom stereocenters. The van der Waals surface area contributed by atoms with Crippen molar-refractivity contribution in [2.45, 2.75) is 25.7 Å². The smallest absolute Gasteiger partial charge is 0.314 e. The van der Waals surface area contributed by atoms with Crippen LogP contribution in [0.5, 0.6) is 11.5 Å². The Morgan fingerprint density at radius 1 is 1.12 bits per heavy atom. The number of hydrogen-bond donors (Lipinski definition) is 0. The highest BCUT2D eigenvalue weighted by molar-refractivity contribution is 5.75. The van der Waals surface area contributed by atoms with Gasteiger partial charge in [-0.3, -0.25) is 4.79 Å². The van der Waals surface area contributed by atoms with Crippen LogP contribution in [-0.4, -0.2) is 13.1 Å². The molecule has 0 radical (unpaired) electrons. The monoisotopic (exact) mass is 220 g/mol. The first-order valence-electron chi connectivity index (χ1n) is 5.65. The summed E-state index contributed by atoms with van der Waals surface area (Å²) in [6.45, 7) is 0. The van der Waals surface area contributed by atoms with E-state index in [0.717, 1.165) is 31.4 Å². The molecule has 1 saturated carbocycles. The molecule has 0 N–H and O–H groups in total. The number of hydrogen-bond acceptors (Lipinski definition) is 3. The van der Waals surface area contributed by atoms with Crippen molar-refractivity contribution in [3.8, 4) is 11.5 Å². The molecular weight excluding hydrogens is 204 g/mol. The first kappa shape index (κ1) is 11.0. The molecule has 0 saturated heterocycles. The van der Waals surface area contributed by atoms with Gasteiger partial charge in [0.2, 0.25) is 0 Å². The van der Waals surface area contributed by atoms with Crippen LogP contribution in [0.15, 0.2) is 24.3 Å². The zero-order valence-electron chi connectivity index (χ0n) is 9.44. The van der Waals surface area contributed by atoms with E-state index < -0.39 is 0 Å². The van der Waals surface area contributed by atoms with E-state index in [1.807, 2.05) is 0 Å². The number of carbonyl (C=O) groups is 1. The van der Waals surface area contributed by atoms with Crippen molar-refractivity contribution >= 4 is 5.97 Å². The van der Waals surface area contributed by atoms with Crippen molar-refractivity contribution in [1.29, 1.82) is 0 Å². The minimum absolute atomic E-state index is 0.0948. The Balaban J connectivity index is 1.94. The van der Waals surface area contributed by atoms with E-state index in [4.69, 9.17) is 9.47 Å². The third kappa shape index (κ3) is 2.54. The molecule has 0 aliphatic heterocycles. The summed E-state index contributed by atoms with van der Waals surface area (Å²) in [7, 11) is 1.61. The minimum atomic E-state index is -0.0948. The molecule has 86 valence electrons. The van der Waals surface area contributed by atoms with Crippen LogP contribution in [0.4, 0.5) is 0 Å². The van der Waals surface area contributed by atoms with Gasteiger partial charge in [0.05, 0.1) is 13.0 Å². The molecule has 16 heavy (non-hydrogen) atoms. The first-order chi connectivity index (χ1) is 7.79. The topological polar surface area (TPSA) is 35.5 Å². The van der Waals surface area contributed by atoms with Gasteiger partial charge < -0.3 is 9.47 Å². The zero-order valence-corrected chi connectivity index (χ0v) is 9.44.